The van der Waals surface area contributed by atoms with Gasteiger partial charge in [-0.05, 0) is 18.8 Å². The number of carbonyl (C=O) groups is 2. The summed E-state index contributed by atoms with van der Waals surface area (Å²) in [6.07, 6.45) is 8.38. The molecule has 4 nitrogen and oxygen atoms in total. The minimum absolute atomic E-state index is 0.0317. The van der Waals surface area contributed by atoms with Crippen LogP contribution in [0.4, 0.5) is 0 Å². The van der Waals surface area contributed by atoms with E-state index in [9.17, 15) is 9.59 Å². The number of rotatable bonds is 4. The molecule has 0 radical (unpaired) electrons. The zero-order chi connectivity index (χ0) is 14.3. The molecular weight excluding hydrogens is 240 g/mol. The fraction of sp³-hybridized carbons (Fsp3) is 0.867. The standard InChI is InChI=1S/C15H28N2O2/c1-11(2)14(16-12(3)18)15(19)17-13-9-7-5-4-6-8-10-13/h11,13-14H,4-10H2,1-3H3,(H,16,18)(H,17,19). The molecule has 1 aliphatic carbocycles. The Morgan fingerprint density at radius 2 is 1.53 bits per heavy atom. The van der Waals surface area contributed by atoms with E-state index in [0.29, 0.717) is 0 Å². The third kappa shape index (κ3) is 6.08. The first-order chi connectivity index (χ1) is 9.00. The second-order valence-corrected chi connectivity index (χ2v) is 5.97. The molecule has 0 aromatic heterocycles. The maximum Gasteiger partial charge on any atom is 0.243 e. The minimum atomic E-state index is -0.414. The number of carbonyl (C=O) groups excluding carboxylic acids is 2. The van der Waals surface area contributed by atoms with Crippen molar-refractivity contribution in [3.8, 4) is 0 Å². The Balaban J connectivity index is 2.51. The summed E-state index contributed by atoms with van der Waals surface area (Å²) in [7, 11) is 0. The van der Waals surface area contributed by atoms with Crippen LogP contribution in [0.5, 0.6) is 0 Å². The van der Waals surface area contributed by atoms with Crippen molar-refractivity contribution in [3.05, 3.63) is 0 Å². The van der Waals surface area contributed by atoms with Crippen LogP contribution in [0.15, 0.2) is 0 Å². The maximum atomic E-state index is 12.3. The largest absolute Gasteiger partial charge is 0.352 e. The van der Waals surface area contributed by atoms with Gasteiger partial charge in [-0.3, -0.25) is 9.59 Å². The molecule has 0 aliphatic heterocycles. The molecule has 0 heterocycles. The first-order valence-corrected chi connectivity index (χ1v) is 7.58. The summed E-state index contributed by atoms with van der Waals surface area (Å²) in [6.45, 7) is 5.37. The number of hydrogen-bond acceptors (Lipinski definition) is 2. The summed E-state index contributed by atoms with van der Waals surface area (Å²) in [4.78, 5) is 23.4. The highest BCUT2D eigenvalue weighted by Gasteiger charge is 2.25. The van der Waals surface area contributed by atoms with Crippen LogP contribution in [-0.2, 0) is 9.59 Å². The van der Waals surface area contributed by atoms with Gasteiger partial charge in [0.1, 0.15) is 6.04 Å². The molecule has 19 heavy (non-hydrogen) atoms. The minimum Gasteiger partial charge on any atom is -0.352 e. The Kier molecular flexibility index (Phi) is 6.89. The van der Waals surface area contributed by atoms with E-state index in [0.717, 1.165) is 12.8 Å². The van der Waals surface area contributed by atoms with Crippen LogP contribution >= 0.6 is 0 Å². The van der Waals surface area contributed by atoms with Gasteiger partial charge in [-0.15, -0.1) is 0 Å². The molecule has 0 aromatic carbocycles. The second-order valence-electron chi connectivity index (χ2n) is 5.97. The summed E-state index contributed by atoms with van der Waals surface area (Å²) in [6, 6.07) is -0.134. The SMILES string of the molecule is CC(=O)NC(C(=O)NC1CCCCCCC1)C(C)C. The fourth-order valence-corrected chi connectivity index (χ4v) is 2.65. The number of hydrogen-bond donors (Lipinski definition) is 2. The van der Waals surface area contributed by atoms with Gasteiger partial charge in [0.15, 0.2) is 0 Å². The summed E-state index contributed by atoms with van der Waals surface area (Å²) in [5, 5.41) is 5.87. The lowest BCUT2D eigenvalue weighted by Gasteiger charge is -2.26. The quantitative estimate of drug-likeness (QED) is 0.822. The van der Waals surface area contributed by atoms with Gasteiger partial charge in [0.05, 0.1) is 0 Å². The first kappa shape index (κ1) is 16.0. The van der Waals surface area contributed by atoms with Crippen LogP contribution in [0.25, 0.3) is 0 Å². The molecule has 0 bridgehead atoms. The van der Waals surface area contributed by atoms with E-state index < -0.39 is 6.04 Å². The Morgan fingerprint density at radius 3 is 2.00 bits per heavy atom. The van der Waals surface area contributed by atoms with Gasteiger partial charge in [0, 0.05) is 13.0 Å². The second kappa shape index (κ2) is 8.18. The predicted molar refractivity (Wildman–Crippen MR) is 76.7 cm³/mol. The van der Waals surface area contributed by atoms with Gasteiger partial charge in [0.25, 0.3) is 0 Å². The maximum absolute atomic E-state index is 12.3. The summed E-state index contributed by atoms with van der Waals surface area (Å²) in [5.41, 5.74) is 0. The van der Waals surface area contributed by atoms with Gasteiger partial charge in [-0.1, -0.05) is 46.0 Å². The Hall–Kier alpha value is -1.06. The van der Waals surface area contributed by atoms with Gasteiger partial charge in [0.2, 0.25) is 11.8 Å². The fourth-order valence-electron chi connectivity index (χ4n) is 2.65. The van der Waals surface area contributed by atoms with E-state index in [2.05, 4.69) is 10.6 Å². The lowest BCUT2D eigenvalue weighted by atomic mass is 9.95. The third-order valence-corrected chi connectivity index (χ3v) is 3.76. The van der Waals surface area contributed by atoms with Crippen molar-refractivity contribution in [2.75, 3.05) is 0 Å². The normalized spacial score (nSPS) is 19.4. The van der Waals surface area contributed by atoms with Gasteiger partial charge in [-0.25, -0.2) is 0 Å². The average molecular weight is 268 g/mol. The molecule has 0 saturated heterocycles. The monoisotopic (exact) mass is 268 g/mol. The van der Waals surface area contributed by atoms with Crippen LogP contribution in [0.1, 0.15) is 65.7 Å². The molecule has 2 amide bonds. The molecule has 1 aliphatic rings. The van der Waals surface area contributed by atoms with Gasteiger partial charge >= 0.3 is 0 Å². The van der Waals surface area contributed by atoms with Gasteiger partial charge < -0.3 is 10.6 Å². The van der Waals surface area contributed by atoms with Crippen LogP contribution < -0.4 is 10.6 Å². The highest BCUT2D eigenvalue weighted by Crippen LogP contribution is 2.17. The zero-order valence-electron chi connectivity index (χ0n) is 12.5. The van der Waals surface area contributed by atoms with Crippen molar-refractivity contribution in [1.82, 2.24) is 10.6 Å². The Morgan fingerprint density at radius 1 is 1.00 bits per heavy atom. The highest BCUT2D eigenvalue weighted by molar-refractivity contribution is 5.87. The van der Waals surface area contributed by atoms with Crippen LogP contribution in [0.3, 0.4) is 0 Å². The summed E-state index contributed by atoms with van der Waals surface area (Å²) in [5.74, 6) is -0.0697. The van der Waals surface area contributed by atoms with E-state index in [1.165, 1.54) is 39.0 Å². The third-order valence-electron chi connectivity index (χ3n) is 3.76. The van der Waals surface area contributed by atoms with Crippen molar-refractivity contribution in [3.63, 3.8) is 0 Å². The lowest BCUT2D eigenvalue weighted by molar-refractivity contribution is -0.129. The molecule has 1 saturated carbocycles. The molecule has 110 valence electrons. The smallest absolute Gasteiger partial charge is 0.243 e. The molecule has 4 heteroatoms. The van der Waals surface area contributed by atoms with Crippen molar-refractivity contribution in [2.24, 2.45) is 5.92 Å². The Bertz CT molecular complexity index is 295. The van der Waals surface area contributed by atoms with Crippen molar-refractivity contribution < 1.29 is 9.59 Å². The van der Waals surface area contributed by atoms with Crippen LogP contribution in [-0.4, -0.2) is 23.9 Å². The lowest BCUT2D eigenvalue weighted by Crippen LogP contribution is -2.51. The van der Waals surface area contributed by atoms with Crippen molar-refractivity contribution in [2.45, 2.75) is 77.8 Å². The molecule has 1 rings (SSSR count). The molecule has 0 aromatic rings. The van der Waals surface area contributed by atoms with E-state index in [1.807, 2.05) is 13.8 Å². The summed E-state index contributed by atoms with van der Waals surface area (Å²) >= 11 is 0. The number of amides is 2. The average Bonchev–Trinajstić information content (AvgIpc) is 2.28. The zero-order valence-corrected chi connectivity index (χ0v) is 12.5. The molecule has 2 N–H and O–H groups in total. The van der Waals surface area contributed by atoms with E-state index in [-0.39, 0.29) is 23.8 Å². The van der Waals surface area contributed by atoms with Crippen molar-refractivity contribution in [1.29, 1.82) is 0 Å². The van der Waals surface area contributed by atoms with Crippen molar-refractivity contribution >= 4 is 11.8 Å². The Labute approximate surface area is 116 Å². The molecule has 0 spiro atoms. The van der Waals surface area contributed by atoms with E-state index in [1.54, 1.807) is 0 Å². The van der Waals surface area contributed by atoms with E-state index >= 15 is 0 Å². The van der Waals surface area contributed by atoms with Gasteiger partial charge in [-0.2, -0.15) is 0 Å². The summed E-state index contributed by atoms with van der Waals surface area (Å²) < 4.78 is 0. The number of nitrogens with one attached hydrogen (secondary N) is 2. The molecule has 1 unspecified atom stereocenters. The van der Waals surface area contributed by atoms with Crippen LogP contribution in [0, 0.1) is 5.92 Å². The predicted octanol–water partition coefficient (Wildman–Crippen LogP) is 2.38. The highest BCUT2D eigenvalue weighted by atomic mass is 16.2. The molecular formula is C15H28N2O2. The topological polar surface area (TPSA) is 58.2 Å². The van der Waals surface area contributed by atoms with Crippen LogP contribution in [0.2, 0.25) is 0 Å². The first-order valence-electron chi connectivity index (χ1n) is 7.58. The van der Waals surface area contributed by atoms with E-state index in [4.69, 9.17) is 0 Å². The molecule has 1 atom stereocenters. The molecule has 1 fully saturated rings.